The third kappa shape index (κ3) is 6.52. The summed E-state index contributed by atoms with van der Waals surface area (Å²) in [6.07, 6.45) is 3.41. The van der Waals surface area contributed by atoms with Crippen molar-refractivity contribution in [2.24, 2.45) is 0 Å². The second-order valence-corrected chi connectivity index (χ2v) is 8.97. The molecule has 1 heterocycles. The van der Waals surface area contributed by atoms with E-state index >= 15 is 0 Å². The molecule has 1 unspecified atom stereocenters. The molecule has 3 aromatic rings. The molecular weight excluding hydrogens is 494 g/mol. The number of hydrogen-bond donors (Lipinski definition) is 2. The quantitative estimate of drug-likeness (QED) is 0.251. The van der Waals surface area contributed by atoms with E-state index in [1.807, 2.05) is 12.1 Å². The summed E-state index contributed by atoms with van der Waals surface area (Å²) >= 11 is 1.06. The average Bonchev–Trinajstić information content (AvgIpc) is 3.24. The number of thioether (sulfide) groups is 1. The van der Waals surface area contributed by atoms with Crippen molar-refractivity contribution in [3.63, 3.8) is 0 Å². The van der Waals surface area contributed by atoms with E-state index in [2.05, 4.69) is 5.32 Å². The maximum absolute atomic E-state index is 12.6. The van der Waals surface area contributed by atoms with E-state index < -0.39 is 11.5 Å². The predicted octanol–water partition coefficient (Wildman–Crippen LogP) is 4.69. The fraction of sp³-hybridized carbons (Fsp3) is 0.143. The smallest absolute Gasteiger partial charge is 0.338 e. The van der Waals surface area contributed by atoms with Gasteiger partial charge in [-0.05, 0) is 65.2 Å². The summed E-state index contributed by atoms with van der Waals surface area (Å²) in [5, 5.41) is 11.9. The summed E-state index contributed by atoms with van der Waals surface area (Å²) in [5.41, 5.74) is 1.61. The molecule has 1 saturated heterocycles. The first-order valence-electron chi connectivity index (χ1n) is 11.2. The maximum Gasteiger partial charge on any atom is 0.338 e. The molecule has 0 aromatic heterocycles. The molecule has 37 heavy (non-hydrogen) atoms. The Morgan fingerprint density at radius 3 is 1.97 bits per heavy atom. The SMILES string of the molecule is COC(=O)/C(=C/c1cc(OC)cc(OC)c1)c1ccc(Oc2ccc(/C=C3\SC(O)NC3=O)cc2)cc1. The van der Waals surface area contributed by atoms with Crippen LogP contribution in [0.25, 0.3) is 17.7 Å². The molecular formula is C28H25NO7S. The number of methoxy groups -OCH3 is 3. The lowest BCUT2D eigenvalue weighted by atomic mass is 10.0. The minimum atomic E-state index is -0.919. The third-order valence-electron chi connectivity index (χ3n) is 5.39. The van der Waals surface area contributed by atoms with Crippen LogP contribution in [-0.4, -0.2) is 43.9 Å². The van der Waals surface area contributed by atoms with E-state index in [9.17, 15) is 14.7 Å². The van der Waals surface area contributed by atoms with Gasteiger partial charge in [0.15, 0.2) is 5.56 Å². The Bertz CT molecular complexity index is 1330. The van der Waals surface area contributed by atoms with Crippen LogP contribution in [0.2, 0.25) is 0 Å². The van der Waals surface area contributed by atoms with Crippen molar-refractivity contribution >= 4 is 41.4 Å². The Balaban J connectivity index is 1.52. The highest BCUT2D eigenvalue weighted by Gasteiger charge is 2.24. The second kappa shape index (κ2) is 11.7. The number of aliphatic hydroxyl groups is 1. The first-order valence-corrected chi connectivity index (χ1v) is 12.0. The van der Waals surface area contributed by atoms with E-state index in [4.69, 9.17) is 18.9 Å². The van der Waals surface area contributed by atoms with E-state index in [1.165, 1.54) is 7.11 Å². The van der Waals surface area contributed by atoms with Gasteiger partial charge in [-0.25, -0.2) is 4.79 Å². The number of carbonyl (C=O) groups excluding carboxylic acids is 2. The molecule has 190 valence electrons. The van der Waals surface area contributed by atoms with Crippen molar-refractivity contribution in [2.45, 2.75) is 5.56 Å². The molecule has 8 nitrogen and oxygen atoms in total. The molecule has 0 spiro atoms. The van der Waals surface area contributed by atoms with Gasteiger partial charge in [-0.1, -0.05) is 36.0 Å². The van der Waals surface area contributed by atoms with Crippen LogP contribution in [0.3, 0.4) is 0 Å². The Morgan fingerprint density at radius 2 is 1.46 bits per heavy atom. The third-order valence-corrected chi connectivity index (χ3v) is 6.28. The van der Waals surface area contributed by atoms with Crippen molar-refractivity contribution < 1.29 is 33.6 Å². The number of aliphatic hydroxyl groups excluding tert-OH is 1. The number of rotatable bonds is 8. The zero-order valence-corrected chi connectivity index (χ0v) is 21.2. The van der Waals surface area contributed by atoms with E-state index in [0.717, 1.165) is 22.9 Å². The first-order chi connectivity index (χ1) is 17.9. The van der Waals surface area contributed by atoms with Gasteiger partial charge >= 0.3 is 5.97 Å². The van der Waals surface area contributed by atoms with Gasteiger partial charge in [-0.2, -0.15) is 0 Å². The number of benzene rings is 3. The Labute approximate surface area is 218 Å². The number of carbonyl (C=O) groups is 2. The van der Waals surface area contributed by atoms with Crippen molar-refractivity contribution in [2.75, 3.05) is 21.3 Å². The van der Waals surface area contributed by atoms with Crippen LogP contribution >= 0.6 is 11.8 Å². The highest BCUT2D eigenvalue weighted by molar-refractivity contribution is 8.05. The molecule has 2 N–H and O–H groups in total. The fourth-order valence-corrected chi connectivity index (χ4v) is 4.33. The fourth-order valence-electron chi connectivity index (χ4n) is 3.56. The maximum atomic E-state index is 12.6. The summed E-state index contributed by atoms with van der Waals surface area (Å²) in [7, 11) is 4.45. The average molecular weight is 520 g/mol. The largest absolute Gasteiger partial charge is 0.497 e. The number of ether oxygens (including phenoxy) is 4. The van der Waals surface area contributed by atoms with Crippen molar-refractivity contribution in [1.29, 1.82) is 0 Å². The molecule has 1 aliphatic rings. The minimum Gasteiger partial charge on any atom is -0.497 e. The van der Waals surface area contributed by atoms with Gasteiger partial charge in [-0.15, -0.1) is 0 Å². The summed E-state index contributed by atoms with van der Waals surface area (Å²) in [5.74, 6) is 1.60. The van der Waals surface area contributed by atoms with Crippen LogP contribution in [-0.2, 0) is 14.3 Å². The van der Waals surface area contributed by atoms with Crippen LogP contribution in [0.15, 0.2) is 71.6 Å². The van der Waals surface area contributed by atoms with Gasteiger partial charge < -0.3 is 29.4 Å². The molecule has 0 radical (unpaired) electrons. The summed E-state index contributed by atoms with van der Waals surface area (Å²) in [6, 6.07) is 19.6. The molecule has 0 aliphatic carbocycles. The first kappa shape index (κ1) is 25.9. The summed E-state index contributed by atoms with van der Waals surface area (Å²) < 4.78 is 21.6. The molecule has 4 rings (SSSR count). The van der Waals surface area contributed by atoms with Crippen LogP contribution in [0, 0.1) is 0 Å². The molecule has 1 atom stereocenters. The van der Waals surface area contributed by atoms with Crippen molar-refractivity contribution in [1.82, 2.24) is 5.32 Å². The van der Waals surface area contributed by atoms with Crippen LogP contribution in [0.4, 0.5) is 0 Å². The Morgan fingerprint density at radius 1 is 0.865 bits per heavy atom. The molecule has 9 heteroatoms. The number of hydrogen-bond acceptors (Lipinski definition) is 8. The second-order valence-electron chi connectivity index (χ2n) is 7.84. The van der Waals surface area contributed by atoms with Gasteiger partial charge in [0.1, 0.15) is 23.0 Å². The number of nitrogens with one attached hydrogen (secondary N) is 1. The molecule has 0 bridgehead atoms. The van der Waals surface area contributed by atoms with Crippen molar-refractivity contribution in [3.8, 4) is 23.0 Å². The molecule has 0 saturated carbocycles. The molecule has 3 aromatic carbocycles. The minimum absolute atomic E-state index is 0.302. The number of esters is 1. The zero-order valence-electron chi connectivity index (χ0n) is 20.4. The van der Waals surface area contributed by atoms with E-state index in [0.29, 0.717) is 39.0 Å². The van der Waals surface area contributed by atoms with Gasteiger partial charge in [0.2, 0.25) is 0 Å². The molecule has 1 amide bonds. The highest BCUT2D eigenvalue weighted by atomic mass is 32.2. The summed E-state index contributed by atoms with van der Waals surface area (Å²) in [6.45, 7) is 0. The predicted molar refractivity (Wildman–Crippen MR) is 142 cm³/mol. The lowest BCUT2D eigenvalue weighted by Crippen LogP contribution is -2.23. The van der Waals surface area contributed by atoms with Crippen LogP contribution in [0.5, 0.6) is 23.0 Å². The lowest BCUT2D eigenvalue weighted by Gasteiger charge is -2.10. The van der Waals surface area contributed by atoms with Gasteiger partial charge in [-0.3, -0.25) is 4.79 Å². The van der Waals surface area contributed by atoms with E-state index in [1.54, 1.807) is 81.0 Å². The monoisotopic (exact) mass is 519 g/mol. The van der Waals surface area contributed by atoms with Crippen LogP contribution < -0.4 is 19.5 Å². The van der Waals surface area contributed by atoms with Gasteiger partial charge in [0.25, 0.3) is 5.91 Å². The topological polar surface area (TPSA) is 103 Å². The van der Waals surface area contributed by atoms with Gasteiger partial charge in [0, 0.05) is 6.07 Å². The normalized spacial score (nSPS) is 16.3. The van der Waals surface area contributed by atoms with Crippen molar-refractivity contribution in [3.05, 3.63) is 88.3 Å². The Hall–Kier alpha value is -4.21. The van der Waals surface area contributed by atoms with Crippen LogP contribution in [0.1, 0.15) is 16.7 Å². The molecule has 1 aliphatic heterocycles. The lowest BCUT2D eigenvalue weighted by molar-refractivity contribution is -0.133. The zero-order chi connectivity index (χ0) is 26.4. The number of amides is 1. The molecule has 1 fully saturated rings. The standard InChI is InChI=1S/C28H25NO7S/c1-33-22-12-18(13-23(16-22)34-2)14-24(27(31)35-3)19-6-10-21(11-7-19)36-20-8-4-17(5-9-20)15-25-26(30)29-28(32)37-25/h4-16,28,32H,1-3H3,(H,29,30)/b24-14+,25-15-. The Kier molecular flexibility index (Phi) is 8.17. The highest BCUT2D eigenvalue weighted by Crippen LogP contribution is 2.30. The summed E-state index contributed by atoms with van der Waals surface area (Å²) in [4.78, 5) is 24.8. The van der Waals surface area contributed by atoms with Gasteiger partial charge in [0.05, 0.1) is 31.8 Å². The van der Waals surface area contributed by atoms with E-state index in [-0.39, 0.29) is 5.91 Å².